The Morgan fingerprint density at radius 2 is 1.39 bits per heavy atom. The van der Waals surface area contributed by atoms with Crippen molar-refractivity contribution < 1.29 is 9.53 Å². The van der Waals surface area contributed by atoms with Crippen LogP contribution in [0.1, 0.15) is 23.2 Å². The lowest BCUT2D eigenvalue weighted by Gasteiger charge is -2.28. The van der Waals surface area contributed by atoms with Gasteiger partial charge in [-0.3, -0.25) is 4.99 Å². The molecule has 4 nitrogen and oxygen atoms in total. The second kappa shape index (κ2) is 8.31. The van der Waals surface area contributed by atoms with E-state index >= 15 is 0 Å². The van der Waals surface area contributed by atoms with E-state index in [0.717, 1.165) is 11.1 Å². The highest BCUT2D eigenvalue weighted by Crippen LogP contribution is 2.44. The van der Waals surface area contributed by atoms with Gasteiger partial charge in [-0.2, -0.15) is 0 Å². The standard InChI is InChI=1S/C23H20N2O2S/c1-28-22-24-20(17-11-5-2-6-12-17)21(18-13-7-3-8-14-18)25(22)23(26)27-19-15-9-4-10-16-19/h2-16,20-21H,1H3/t20-,21+/m0/s1. The summed E-state index contributed by atoms with van der Waals surface area (Å²) in [6.07, 6.45) is 1.50. The molecular formula is C23H20N2O2S. The molecule has 3 aromatic carbocycles. The largest absolute Gasteiger partial charge is 0.422 e. The molecule has 0 saturated heterocycles. The number of aliphatic imine (C=N–C) groups is 1. The van der Waals surface area contributed by atoms with Gasteiger partial charge in [-0.05, 0) is 29.5 Å². The first-order valence-corrected chi connectivity index (χ1v) is 10.3. The van der Waals surface area contributed by atoms with Crippen LogP contribution >= 0.6 is 11.8 Å². The zero-order valence-corrected chi connectivity index (χ0v) is 16.3. The Labute approximate surface area is 168 Å². The van der Waals surface area contributed by atoms with E-state index in [0.29, 0.717) is 10.9 Å². The van der Waals surface area contributed by atoms with Crippen molar-refractivity contribution in [3.8, 4) is 5.75 Å². The Kier molecular flexibility index (Phi) is 5.44. The second-order valence-corrected chi connectivity index (χ2v) is 7.15. The predicted octanol–water partition coefficient (Wildman–Crippen LogP) is 5.70. The summed E-state index contributed by atoms with van der Waals surface area (Å²) >= 11 is 1.45. The predicted molar refractivity (Wildman–Crippen MR) is 114 cm³/mol. The molecule has 1 aliphatic heterocycles. The summed E-state index contributed by atoms with van der Waals surface area (Å²) in [5.74, 6) is 0.517. The summed E-state index contributed by atoms with van der Waals surface area (Å²) < 4.78 is 5.66. The lowest BCUT2D eigenvalue weighted by Crippen LogP contribution is -2.38. The van der Waals surface area contributed by atoms with Crippen molar-refractivity contribution in [3.63, 3.8) is 0 Å². The zero-order valence-electron chi connectivity index (χ0n) is 15.4. The molecule has 0 radical (unpaired) electrons. The van der Waals surface area contributed by atoms with Crippen molar-refractivity contribution >= 4 is 23.0 Å². The lowest BCUT2D eigenvalue weighted by molar-refractivity contribution is 0.164. The number of rotatable bonds is 3. The summed E-state index contributed by atoms with van der Waals surface area (Å²) in [4.78, 5) is 19.7. The van der Waals surface area contributed by atoms with E-state index in [4.69, 9.17) is 9.73 Å². The minimum absolute atomic E-state index is 0.186. The van der Waals surface area contributed by atoms with Crippen molar-refractivity contribution in [2.75, 3.05) is 6.26 Å². The Bertz CT molecular complexity index is 962. The van der Waals surface area contributed by atoms with Crippen molar-refractivity contribution in [3.05, 3.63) is 102 Å². The average molecular weight is 388 g/mol. The van der Waals surface area contributed by atoms with E-state index in [1.165, 1.54) is 11.8 Å². The maximum absolute atomic E-state index is 13.2. The van der Waals surface area contributed by atoms with Crippen LogP contribution in [-0.2, 0) is 0 Å². The van der Waals surface area contributed by atoms with Crippen molar-refractivity contribution in [2.24, 2.45) is 4.99 Å². The highest BCUT2D eigenvalue weighted by molar-refractivity contribution is 8.13. The number of carbonyl (C=O) groups is 1. The van der Waals surface area contributed by atoms with Gasteiger partial charge in [0, 0.05) is 0 Å². The maximum atomic E-state index is 13.2. The van der Waals surface area contributed by atoms with Gasteiger partial charge in [-0.1, -0.05) is 90.6 Å². The fourth-order valence-electron chi connectivity index (χ4n) is 3.38. The van der Waals surface area contributed by atoms with Crippen LogP contribution < -0.4 is 4.74 Å². The Morgan fingerprint density at radius 3 is 1.96 bits per heavy atom. The van der Waals surface area contributed by atoms with Gasteiger partial charge in [-0.15, -0.1) is 0 Å². The Balaban J connectivity index is 1.74. The van der Waals surface area contributed by atoms with Gasteiger partial charge in [0.25, 0.3) is 0 Å². The van der Waals surface area contributed by atoms with E-state index in [9.17, 15) is 4.79 Å². The first kappa shape index (κ1) is 18.3. The van der Waals surface area contributed by atoms with Crippen molar-refractivity contribution in [1.29, 1.82) is 0 Å². The first-order valence-electron chi connectivity index (χ1n) is 9.05. The van der Waals surface area contributed by atoms with Crippen LogP contribution in [0.15, 0.2) is 96.0 Å². The monoisotopic (exact) mass is 388 g/mol. The van der Waals surface area contributed by atoms with Crippen LogP contribution in [0.5, 0.6) is 5.75 Å². The molecule has 0 unspecified atom stereocenters. The van der Waals surface area contributed by atoms with E-state index in [1.807, 2.05) is 85.1 Å². The summed E-state index contributed by atoms with van der Waals surface area (Å²) in [5, 5.41) is 0.656. The lowest BCUT2D eigenvalue weighted by atomic mass is 9.94. The number of amidine groups is 1. The van der Waals surface area contributed by atoms with Crippen LogP contribution in [0.2, 0.25) is 0 Å². The zero-order chi connectivity index (χ0) is 19.3. The van der Waals surface area contributed by atoms with Gasteiger partial charge >= 0.3 is 6.09 Å². The number of nitrogens with zero attached hydrogens (tertiary/aromatic N) is 2. The molecule has 0 spiro atoms. The molecule has 0 bridgehead atoms. The summed E-state index contributed by atoms with van der Waals surface area (Å²) in [6.45, 7) is 0. The van der Waals surface area contributed by atoms with E-state index < -0.39 is 6.09 Å². The second-order valence-electron chi connectivity index (χ2n) is 6.38. The van der Waals surface area contributed by atoms with Crippen LogP contribution in [-0.4, -0.2) is 22.4 Å². The average Bonchev–Trinajstić information content (AvgIpc) is 3.15. The van der Waals surface area contributed by atoms with Gasteiger partial charge in [0.1, 0.15) is 11.8 Å². The van der Waals surface area contributed by atoms with Gasteiger partial charge in [0.05, 0.1) is 6.04 Å². The van der Waals surface area contributed by atoms with Crippen LogP contribution in [0.4, 0.5) is 4.79 Å². The first-order chi connectivity index (χ1) is 13.8. The number of amides is 1. The van der Waals surface area contributed by atoms with Crippen LogP contribution in [0.25, 0.3) is 0 Å². The van der Waals surface area contributed by atoms with Crippen molar-refractivity contribution in [2.45, 2.75) is 12.1 Å². The normalized spacial score (nSPS) is 18.6. The van der Waals surface area contributed by atoms with Crippen LogP contribution in [0, 0.1) is 0 Å². The number of thioether (sulfide) groups is 1. The SMILES string of the molecule is CSC1=N[C@@H](c2ccccc2)[C@@H](c2ccccc2)N1C(=O)Oc1ccccc1. The molecule has 5 heteroatoms. The van der Waals surface area contributed by atoms with E-state index in [2.05, 4.69) is 0 Å². The minimum atomic E-state index is -0.424. The number of hydrogen-bond acceptors (Lipinski definition) is 4. The maximum Gasteiger partial charge on any atom is 0.422 e. The molecular weight excluding hydrogens is 368 g/mol. The number of ether oxygens (including phenoxy) is 1. The summed E-state index contributed by atoms with van der Waals surface area (Å²) in [6, 6.07) is 28.7. The van der Waals surface area contributed by atoms with E-state index in [1.54, 1.807) is 17.0 Å². The molecule has 1 heterocycles. The van der Waals surface area contributed by atoms with Gasteiger partial charge in [-0.25, -0.2) is 9.69 Å². The smallest absolute Gasteiger partial charge is 0.410 e. The fourth-order valence-corrected chi connectivity index (χ4v) is 3.99. The molecule has 2 atom stereocenters. The molecule has 1 aliphatic rings. The topological polar surface area (TPSA) is 41.9 Å². The summed E-state index contributed by atoms with van der Waals surface area (Å²) in [5.41, 5.74) is 2.09. The molecule has 1 amide bonds. The molecule has 140 valence electrons. The molecule has 0 fully saturated rings. The fraction of sp³-hybridized carbons (Fsp3) is 0.130. The molecule has 0 aromatic heterocycles. The molecule has 4 rings (SSSR count). The third-order valence-corrected chi connectivity index (χ3v) is 5.31. The molecule has 28 heavy (non-hydrogen) atoms. The molecule has 0 saturated carbocycles. The van der Waals surface area contributed by atoms with E-state index in [-0.39, 0.29) is 12.1 Å². The van der Waals surface area contributed by atoms with Gasteiger partial charge in [0.2, 0.25) is 0 Å². The third kappa shape index (κ3) is 3.66. The highest BCUT2D eigenvalue weighted by Gasteiger charge is 2.42. The molecule has 3 aromatic rings. The van der Waals surface area contributed by atoms with Crippen LogP contribution in [0.3, 0.4) is 0 Å². The number of para-hydroxylation sites is 1. The summed E-state index contributed by atoms with van der Waals surface area (Å²) in [7, 11) is 0. The van der Waals surface area contributed by atoms with Crippen molar-refractivity contribution in [1.82, 2.24) is 4.90 Å². The quantitative estimate of drug-likeness (QED) is 0.578. The van der Waals surface area contributed by atoms with Gasteiger partial charge < -0.3 is 4.74 Å². The molecule has 0 aliphatic carbocycles. The third-order valence-electron chi connectivity index (χ3n) is 4.64. The Morgan fingerprint density at radius 1 is 0.857 bits per heavy atom. The molecule has 0 N–H and O–H groups in total. The number of hydrogen-bond donors (Lipinski definition) is 0. The highest BCUT2D eigenvalue weighted by atomic mass is 32.2. The Hall–Kier alpha value is -3.05. The minimum Gasteiger partial charge on any atom is -0.410 e. The number of carbonyl (C=O) groups excluding carboxylic acids is 1. The number of benzene rings is 3. The van der Waals surface area contributed by atoms with Gasteiger partial charge in [0.15, 0.2) is 5.17 Å².